The van der Waals surface area contributed by atoms with Crippen molar-refractivity contribution in [3.63, 3.8) is 0 Å². The van der Waals surface area contributed by atoms with E-state index in [0.717, 1.165) is 0 Å². The molecule has 0 spiro atoms. The van der Waals surface area contributed by atoms with E-state index in [1.807, 2.05) is 0 Å². The average molecular weight is 403 g/mol. The molecule has 2 aromatic rings. The number of phosphoric acid groups is 1. The van der Waals surface area contributed by atoms with Gasteiger partial charge in [0.1, 0.15) is 6.54 Å². The maximum Gasteiger partial charge on any atom is 0.472 e. The van der Waals surface area contributed by atoms with Gasteiger partial charge in [0.2, 0.25) is 12.5 Å². The molecule has 0 aliphatic heterocycles. The van der Waals surface area contributed by atoms with E-state index < -0.39 is 19.5 Å². The molecule has 1 aromatic heterocycles. The number of ether oxygens (including phenoxy) is 3. The largest absolute Gasteiger partial charge is 0.493 e. The number of hydrogen-bond donors (Lipinski definition) is 2. The van der Waals surface area contributed by atoms with Crippen LogP contribution in [0.5, 0.6) is 17.2 Å². The van der Waals surface area contributed by atoms with Gasteiger partial charge in [-0.3, -0.25) is 0 Å². The maximum absolute atomic E-state index is 11.1. The van der Waals surface area contributed by atoms with Gasteiger partial charge in [0.25, 0.3) is 0 Å². The summed E-state index contributed by atoms with van der Waals surface area (Å²) in [6.07, 6.45) is 0. The van der Waals surface area contributed by atoms with Gasteiger partial charge in [0, 0.05) is 5.56 Å². The molecule has 0 saturated heterocycles. The van der Waals surface area contributed by atoms with Crippen LogP contribution in [0.25, 0.3) is 0 Å². The van der Waals surface area contributed by atoms with E-state index >= 15 is 0 Å². The maximum atomic E-state index is 11.1. The summed E-state index contributed by atoms with van der Waals surface area (Å²) in [5, 5.41) is 15.2. The van der Waals surface area contributed by atoms with Crippen LogP contribution in [0, 0.1) is 17.0 Å². The van der Waals surface area contributed by atoms with Crippen molar-refractivity contribution in [3.05, 3.63) is 39.6 Å². The van der Waals surface area contributed by atoms with Gasteiger partial charge >= 0.3 is 13.6 Å². The Hall–Kier alpha value is -2.66. The second-order valence-electron chi connectivity index (χ2n) is 5.27. The summed E-state index contributed by atoms with van der Waals surface area (Å²) in [5.41, 5.74) is 1.06. The summed E-state index contributed by atoms with van der Waals surface area (Å²) in [6, 6.07) is 4.43. The van der Waals surface area contributed by atoms with Crippen molar-refractivity contribution in [3.8, 4) is 17.2 Å². The monoisotopic (exact) mass is 403 g/mol. The quantitative estimate of drug-likeness (QED) is 0.273. The molecule has 2 N–H and O–H groups in total. The molecule has 1 heterocycles. The highest BCUT2D eigenvalue weighted by Crippen LogP contribution is 2.41. The molecule has 12 nitrogen and oxygen atoms in total. The van der Waals surface area contributed by atoms with Crippen LogP contribution in [-0.4, -0.2) is 45.5 Å². The van der Waals surface area contributed by atoms with E-state index in [9.17, 15) is 14.7 Å². The highest BCUT2D eigenvalue weighted by molar-refractivity contribution is 7.46. The van der Waals surface area contributed by atoms with Crippen molar-refractivity contribution >= 4 is 13.6 Å². The smallest absolute Gasteiger partial charge is 0.472 e. The highest BCUT2D eigenvalue weighted by Gasteiger charge is 2.21. The van der Waals surface area contributed by atoms with Crippen molar-refractivity contribution in [2.24, 2.45) is 0 Å². The Morgan fingerprint density at radius 2 is 1.81 bits per heavy atom. The van der Waals surface area contributed by atoms with Crippen molar-refractivity contribution in [2.45, 2.75) is 13.5 Å². The molecule has 0 amide bonds. The van der Waals surface area contributed by atoms with Crippen molar-refractivity contribution < 1.29 is 38.0 Å². The molecule has 13 heteroatoms. The third-order valence-corrected chi connectivity index (χ3v) is 3.79. The van der Waals surface area contributed by atoms with Crippen molar-refractivity contribution in [1.82, 2.24) is 9.78 Å². The number of phosphoric ester groups is 1. The number of hydrogen-bond acceptors (Lipinski definition) is 8. The van der Waals surface area contributed by atoms with E-state index in [0.29, 0.717) is 11.3 Å². The lowest BCUT2D eigenvalue weighted by Crippen LogP contribution is -2.08. The fraction of sp³-hybridized carbons (Fsp3) is 0.357. The van der Waals surface area contributed by atoms with Gasteiger partial charge in [-0.1, -0.05) is 5.10 Å². The molecular formula is C14H18N3O9P. The van der Waals surface area contributed by atoms with Crippen molar-refractivity contribution in [1.29, 1.82) is 0 Å². The fourth-order valence-corrected chi connectivity index (χ4v) is 2.48. The summed E-state index contributed by atoms with van der Waals surface area (Å²) in [7, 11) is -1.99. The Morgan fingerprint density at radius 3 is 2.30 bits per heavy atom. The average Bonchev–Trinajstić information content (AvgIpc) is 2.94. The first-order valence-electron chi connectivity index (χ1n) is 7.41. The van der Waals surface area contributed by atoms with Crippen LogP contribution >= 0.6 is 7.82 Å². The van der Waals surface area contributed by atoms with Gasteiger partial charge in [0.05, 0.1) is 26.0 Å². The lowest BCUT2D eigenvalue weighted by atomic mass is 10.2. The molecule has 148 valence electrons. The van der Waals surface area contributed by atoms with Gasteiger partial charge in [-0.15, -0.1) is 4.68 Å². The summed E-state index contributed by atoms with van der Waals surface area (Å²) < 4.78 is 31.8. The number of aromatic nitrogens is 2. The molecule has 0 bridgehead atoms. The minimum atomic E-state index is -4.70. The number of nitro groups is 1. The predicted molar refractivity (Wildman–Crippen MR) is 90.9 cm³/mol. The predicted octanol–water partition coefficient (Wildman–Crippen LogP) is 1.61. The number of nitrogens with zero attached hydrogens (tertiary/aromatic N) is 3. The minimum absolute atomic E-state index is 0.0587. The minimum Gasteiger partial charge on any atom is -0.493 e. The molecule has 0 fully saturated rings. The second kappa shape index (κ2) is 8.35. The summed E-state index contributed by atoms with van der Waals surface area (Å²) in [5.74, 6) is 0.263. The van der Waals surface area contributed by atoms with Crippen LogP contribution in [0.4, 0.5) is 5.82 Å². The van der Waals surface area contributed by atoms with Crippen LogP contribution in [0.2, 0.25) is 0 Å². The van der Waals surface area contributed by atoms with Gasteiger partial charge in [0.15, 0.2) is 11.5 Å². The molecule has 0 atom stereocenters. The fourth-order valence-electron chi connectivity index (χ4n) is 2.29. The standard InChI is InChI=1S/C14H18N3O9P/c1-9-4-13(17(18)19)16(15-9)7-10-5-11(23-2)14(12(6-10)24-3)25-8-26-27(20,21)22/h4-6H,7-8H2,1-3H3,(H2,20,21,22). The molecule has 0 saturated carbocycles. The third-order valence-electron chi connectivity index (χ3n) is 3.34. The zero-order valence-electron chi connectivity index (χ0n) is 14.7. The molecule has 0 aliphatic rings. The van der Waals surface area contributed by atoms with Gasteiger partial charge in [-0.25, -0.2) is 9.09 Å². The molecule has 2 rings (SSSR count). The van der Waals surface area contributed by atoms with Crippen LogP contribution < -0.4 is 14.2 Å². The lowest BCUT2D eigenvalue weighted by molar-refractivity contribution is -0.392. The Bertz CT molecular complexity index is 852. The normalized spacial score (nSPS) is 11.3. The Morgan fingerprint density at radius 1 is 1.22 bits per heavy atom. The van der Waals surface area contributed by atoms with E-state index in [-0.39, 0.29) is 29.6 Å². The number of rotatable bonds is 9. The summed E-state index contributed by atoms with van der Waals surface area (Å²) in [4.78, 5) is 28.0. The molecule has 0 unspecified atom stereocenters. The third kappa shape index (κ3) is 5.41. The van der Waals surface area contributed by atoms with Crippen LogP contribution in [0.3, 0.4) is 0 Å². The number of benzene rings is 1. The van der Waals surface area contributed by atoms with E-state index in [1.54, 1.807) is 6.92 Å². The Labute approximate surface area is 153 Å². The van der Waals surface area contributed by atoms with Crippen LogP contribution in [0.15, 0.2) is 18.2 Å². The van der Waals surface area contributed by atoms with E-state index in [2.05, 4.69) is 9.62 Å². The summed E-state index contributed by atoms with van der Waals surface area (Å²) in [6.45, 7) is 0.971. The second-order valence-corrected chi connectivity index (χ2v) is 6.51. The van der Waals surface area contributed by atoms with Crippen LogP contribution in [0.1, 0.15) is 11.3 Å². The Balaban J connectivity index is 2.32. The van der Waals surface area contributed by atoms with Gasteiger partial charge < -0.3 is 34.1 Å². The molecule has 0 radical (unpaired) electrons. The zero-order valence-corrected chi connectivity index (χ0v) is 15.6. The first-order valence-corrected chi connectivity index (χ1v) is 8.94. The van der Waals surface area contributed by atoms with E-state index in [1.165, 1.54) is 37.1 Å². The first kappa shape index (κ1) is 20.6. The molecule has 0 aliphatic carbocycles. The lowest BCUT2D eigenvalue weighted by Gasteiger charge is -2.16. The van der Waals surface area contributed by atoms with Crippen molar-refractivity contribution in [2.75, 3.05) is 21.0 Å². The molecule has 27 heavy (non-hydrogen) atoms. The van der Waals surface area contributed by atoms with Gasteiger partial charge in [-0.05, 0) is 24.0 Å². The topological polar surface area (TPSA) is 155 Å². The number of methoxy groups -OCH3 is 2. The SMILES string of the molecule is COc1cc(Cn2nc(C)cc2[N+](=O)[O-])cc(OC)c1OCOP(=O)(O)O. The zero-order chi connectivity index (χ0) is 20.2. The molecule has 1 aromatic carbocycles. The van der Waals surface area contributed by atoms with E-state index in [4.69, 9.17) is 24.0 Å². The van der Waals surface area contributed by atoms with Gasteiger partial charge in [-0.2, -0.15) is 0 Å². The Kier molecular flexibility index (Phi) is 6.39. The highest BCUT2D eigenvalue weighted by atomic mass is 31.2. The molecular weight excluding hydrogens is 385 g/mol. The van der Waals surface area contributed by atoms with Crippen LogP contribution in [-0.2, 0) is 15.6 Å². The summed E-state index contributed by atoms with van der Waals surface area (Å²) >= 11 is 0. The first-order chi connectivity index (χ1) is 12.6. The number of aryl methyl sites for hydroxylation is 1.